The molecular formula is C46H38B2N4. The smallest absolute Gasteiger partial charge is 0.251 e. The summed E-state index contributed by atoms with van der Waals surface area (Å²) in [7, 11) is 0. The molecule has 3 aliphatic heterocycles. The van der Waals surface area contributed by atoms with Gasteiger partial charge < -0.3 is 4.90 Å². The molecule has 0 fully saturated rings. The van der Waals surface area contributed by atoms with Crippen LogP contribution < -0.4 is 37.7 Å². The number of pyridine rings is 3. The van der Waals surface area contributed by atoms with E-state index in [-0.39, 0.29) is 13.4 Å². The second kappa shape index (κ2) is 11.1. The van der Waals surface area contributed by atoms with E-state index < -0.39 is 5.41 Å². The van der Waals surface area contributed by atoms with E-state index in [2.05, 4.69) is 169 Å². The van der Waals surface area contributed by atoms with Crippen LogP contribution in [0.3, 0.4) is 0 Å². The number of benzene rings is 4. The topological polar surface area (TPSA) is 41.9 Å². The normalized spacial score (nSPS) is 14.4. The minimum Gasteiger partial charge on any atom is -0.312 e. The Bertz CT molecular complexity index is 2390. The van der Waals surface area contributed by atoms with Crippen molar-refractivity contribution in [1.82, 2.24) is 15.0 Å². The van der Waals surface area contributed by atoms with Crippen molar-refractivity contribution in [1.29, 1.82) is 0 Å². The highest BCUT2D eigenvalue weighted by atomic mass is 15.2. The molecule has 6 heteroatoms. The second-order valence-electron chi connectivity index (χ2n) is 15.2. The van der Waals surface area contributed by atoms with Gasteiger partial charge >= 0.3 is 0 Å². The second-order valence-corrected chi connectivity index (χ2v) is 15.2. The lowest BCUT2D eigenvalue weighted by Crippen LogP contribution is -2.68. The highest BCUT2D eigenvalue weighted by molar-refractivity contribution is 7.02. The molecule has 0 unspecified atom stereocenters. The maximum absolute atomic E-state index is 5.15. The highest BCUT2D eigenvalue weighted by Gasteiger charge is 2.55. The fourth-order valence-electron chi connectivity index (χ4n) is 10.5. The molecule has 0 amide bonds. The zero-order chi connectivity index (χ0) is 35.5. The Morgan fingerprint density at radius 1 is 0.442 bits per heavy atom. The van der Waals surface area contributed by atoms with E-state index in [1.54, 1.807) is 0 Å². The van der Waals surface area contributed by atoms with Crippen LogP contribution in [0.2, 0.25) is 0 Å². The highest BCUT2D eigenvalue weighted by Crippen LogP contribution is 2.57. The molecule has 0 aliphatic carbocycles. The third kappa shape index (κ3) is 3.98. The maximum Gasteiger partial charge on any atom is 0.251 e. The van der Waals surface area contributed by atoms with Crippen molar-refractivity contribution >= 4 is 63.3 Å². The standard InChI is InChI=1S/C46H38B2N4/c1-27-17-29(3)41(30(4)18-27)47-37-23-49-21-35-43(37)52-44-36(46(35,33-13-9-7-10-14-33)34-15-11-8-12-16-34)22-50-24-38(44)48(40-26-51-25-39(47)45(40)52)42-31(5)19-28(2)20-32(42)6/h7-26H,1-6H3. The summed E-state index contributed by atoms with van der Waals surface area (Å²) in [5.41, 5.74) is 23.1. The Hall–Kier alpha value is -5.74. The molecule has 52 heavy (non-hydrogen) atoms. The predicted molar refractivity (Wildman–Crippen MR) is 217 cm³/mol. The third-order valence-corrected chi connectivity index (χ3v) is 12.1. The number of nitrogens with zero attached hydrogens (tertiary/aromatic N) is 4. The number of hydrogen-bond donors (Lipinski definition) is 0. The van der Waals surface area contributed by atoms with Crippen molar-refractivity contribution in [2.75, 3.05) is 4.90 Å². The fraction of sp³-hybridized carbons (Fsp3) is 0.152. The van der Waals surface area contributed by atoms with Gasteiger partial charge in [-0.3, -0.25) is 15.0 Å². The third-order valence-electron chi connectivity index (χ3n) is 12.1. The molecule has 3 aliphatic rings. The summed E-state index contributed by atoms with van der Waals surface area (Å²) in [6, 6.07) is 31.4. The van der Waals surface area contributed by atoms with Crippen molar-refractivity contribution in [2.24, 2.45) is 0 Å². The maximum atomic E-state index is 5.15. The van der Waals surface area contributed by atoms with E-state index in [9.17, 15) is 0 Å². The molecule has 0 saturated carbocycles. The molecule has 0 N–H and O–H groups in total. The molecule has 0 radical (unpaired) electrons. The number of aryl methyl sites for hydroxylation is 6. The van der Waals surface area contributed by atoms with Crippen LogP contribution in [0.25, 0.3) is 0 Å². The van der Waals surface area contributed by atoms with Crippen LogP contribution in [0.5, 0.6) is 0 Å². The number of aromatic nitrogens is 3. The Kier molecular flexibility index (Phi) is 6.64. The van der Waals surface area contributed by atoms with Crippen molar-refractivity contribution in [3.8, 4) is 0 Å². The van der Waals surface area contributed by atoms with Gasteiger partial charge in [-0.25, -0.2) is 0 Å². The van der Waals surface area contributed by atoms with Crippen LogP contribution in [0, 0.1) is 41.5 Å². The molecule has 248 valence electrons. The Morgan fingerprint density at radius 2 is 0.788 bits per heavy atom. The van der Waals surface area contributed by atoms with Crippen LogP contribution in [-0.4, -0.2) is 28.4 Å². The molecule has 10 rings (SSSR count). The Labute approximate surface area is 306 Å². The van der Waals surface area contributed by atoms with Gasteiger partial charge in [-0.2, -0.15) is 0 Å². The van der Waals surface area contributed by atoms with Crippen LogP contribution >= 0.6 is 0 Å². The van der Waals surface area contributed by atoms with Gasteiger partial charge in [-0.1, -0.05) is 129 Å². The first-order valence-corrected chi connectivity index (χ1v) is 18.3. The quantitative estimate of drug-likeness (QED) is 0.231. The first-order chi connectivity index (χ1) is 25.3. The van der Waals surface area contributed by atoms with Gasteiger partial charge in [0.25, 0.3) is 13.4 Å². The van der Waals surface area contributed by atoms with E-state index >= 15 is 0 Å². The molecule has 0 spiro atoms. The van der Waals surface area contributed by atoms with Gasteiger partial charge in [-0.15, -0.1) is 0 Å². The summed E-state index contributed by atoms with van der Waals surface area (Å²) in [6.45, 7) is 13.4. The largest absolute Gasteiger partial charge is 0.312 e. The molecule has 0 saturated heterocycles. The lowest BCUT2D eigenvalue weighted by Gasteiger charge is -2.52. The summed E-state index contributed by atoms with van der Waals surface area (Å²) < 4.78 is 0. The van der Waals surface area contributed by atoms with E-state index in [4.69, 9.17) is 15.0 Å². The number of rotatable bonds is 4. The zero-order valence-corrected chi connectivity index (χ0v) is 30.5. The summed E-state index contributed by atoms with van der Waals surface area (Å²) in [5.74, 6) is 0. The fourth-order valence-corrected chi connectivity index (χ4v) is 10.5. The summed E-state index contributed by atoms with van der Waals surface area (Å²) in [4.78, 5) is 18.0. The average Bonchev–Trinajstić information content (AvgIpc) is 3.14. The van der Waals surface area contributed by atoms with Crippen LogP contribution in [0.4, 0.5) is 17.1 Å². The van der Waals surface area contributed by atoms with Gasteiger partial charge in [0.1, 0.15) is 0 Å². The van der Waals surface area contributed by atoms with Gasteiger partial charge in [0, 0.05) is 65.4 Å². The minimum absolute atomic E-state index is 0.0446. The van der Waals surface area contributed by atoms with Gasteiger partial charge in [-0.05, 0) is 74.5 Å². The van der Waals surface area contributed by atoms with E-state index in [1.165, 1.54) is 105 Å². The Balaban J connectivity index is 1.43. The molecule has 4 aromatic carbocycles. The zero-order valence-electron chi connectivity index (χ0n) is 30.5. The van der Waals surface area contributed by atoms with Crippen LogP contribution in [-0.2, 0) is 5.41 Å². The van der Waals surface area contributed by atoms with Gasteiger partial charge in [0.15, 0.2) is 0 Å². The van der Waals surface area contributed by atoms with Crippen molar-refractivity contribution in [3.05, 3.63) is 178 Å². The molecule has 3 aromatic heterocycles. The van der Waals surface area contributed by atoms with Crippen molar-refractivity contribution in [2.45, 2.75) is 47.0 Å². The minimum atomic E-state index is -0.665. The van der Waals surface area contributed by atoms with Crippen molar-refractivity contribution in [3.63, 3.8) is 0 Å². The molecular weight excluding hydrogens is 630 g/mol. The van der Waals surface area contributed by atoms with Crippen molar-refractivity contribution < 1.29 is 0 Å². The monoisotopic (exact) mass is 668 g/mol. The van der Waals surface area contributed by atoms with E-state index in [1.807, 2.05) is 0 Å². The molecule has 6 heterocycles. The van der Waals surface area contributed by atoms with Crippen LogP contribution in [0.1, 0.15) is 55.6 Å². The number of anilines is 3. The van der Waals surface area contributed by atoms with Gasteiger partial charge in [0.2, 0.25) is 0 Å². The SMILES string of the molecule is Cc1cc(C)c(B2c3cncc4c3N3c5c2cncc5C(c2ccccc2)(c2ccccc2)c2cncc(c23)B4c2c(C)cc(C)cc2C)c(C)c1. The van der Waals surface area contributed by atoms with E-state index in [0.717, 1.165) is 0 Å². The molecule has 4 nitrogen and oxygen atoms in total. The molecule has 0 atom stereocenters. The molecule has 0 bridgehead atoms. The molecule has 7 aromatic rings. The first kappa shape index (κ1) is 31.0. The number of hydrogen-bond acceptors (Lipinski definition) is 4. The van der Waals surface area contributed by atoms with E-state index in [0.29, 0.717) is 0 Å². The lowest BCUT2D eigenvalue weighted by atomic mass is 9.29. The Morgan fingerprint density at radius 3 is 1.17 bits per heavy atom. The summed E-state index contributed by atoms with van der Waals surface area (Å²) in [5, 5.41) is 0. The van der Waals surface area contributed by atoms with Crippen LogP contribution in [0.15, 0.2) is 122 Å². The first-order valence-electron chi connectivity index (χ1n) is 18.3. The lowest BCUT2D eigenvalue weighted by molar-refractivity contribution is 0.723. The summed E-state index contributed by atoms with van der Waals surface area (Å²) >= 11 is 0. The summed E-state index contributed by atoms with van der Waals surface area (Å²) in [6.07, 6.45) is 12.8. The van der Waals surface area contributed by atoms with Gasteiger partial charge in [0.05, 0.1) is 5.41 Å². The average molecular weight is 668 g/mol. The predicted octanol–water partition coefficient (Wildman–Crippen LogP) is 5.55.